The highest BCUT2D eigenvalue weighted by molar-refractivity contribution is 7.18. The molecule has 4 aromatic rings. The van der Waals surface area contributed by atoms with Gasteiger partial charge < -0.3 is 0 Å². The average molecular weight is 288 g/mol. The Kier molecular flexibility index (Phi) is 3.02. The smallest absolute Gasteiger partial charge is 0.166 e. The van der Waals surface area contributed by atoms with Gasteiger partial charge in [0.2, 0.25) is 5.52 Å². The number of hydrogen-bond donors (Lipinski definition) is 0. The molecule has 0 radical (unpaired) electrons. The molecule has 3 aromatic heterocycles. The molecule has 100 valence electrons. The lowest BCUT2D eigenvalue weighted by atomic mass is 10.1. The van der Waals surface area contributed by atoms with Crippen LogP contribution in [0.1, 0.15) is 11.1 Å². The lowest BCUT2D eigenvalue weighted by Gasteiger charge is -1.96. The highest BCUT2D eigenvalue weighted by Crippen LogP contribution is 2.23. The number of aromatic nitrogens is 1. The van der Waals surface area contributed by atoms with Crippen LogP contribution in [0.2, 0.25) is 0 Å². The minimum Gasteiger partial charge on any atom is -0.166 e. The van der Waals surface area contributed by atoms with Gasteiger partial charge in [-0.15, -0.1) is 11.3 Å². The number of thiophene rings is 1. The van der Waals surface area contributed by atoms with Crippen molar-refractivity contribution < 1.29 is 4.40 Å². The molecule has 0 amide bonds. The summed E-state index contributed by atoms with van der Waals surface area (Å²) in [5.41, 5.74) is 3.71. The van der Waals surface area contributed by atoms with E-state index < -0.39 is 0 Å². The predicted octanol–water partition coefficient (Wildman–Crippen LogP) is 4.81. The summed E-state index contributed by atoms with van der Waals surface area (Å²) >= 11 is 1.80. The van der Waals surface area contributed by atoms with Gasteiger partial charge in [-0.05, 0) is 22.6 Å². The van der Waals surface area contributed by atoms with Crippen molar-refractivity contribution in [1.82, 2.24) is 0 Å². The molecule has 3 heterocycles. The van der Waals surface area contributed by atoms with Crippen LogP contribution in [0.5, 0.6) is 0 Å². The number of rotatable bonds is 2. The first-order valence-electron chi connectivity index (χ1n) is 6.94. The van der Waals surface area contributed by atoms with E-state index in [0.717, 1.165) is 0 Å². The standard InChI is InChI=1S/C19H14NS/c1-2-4-15(5-3-1)6-7-16-8-11-20-12-9-17-10-13-21-19(17)18(20)14-16/h1-14H/q+1/b7-6+. The second-order valence-electron chi connectivity index (χ2n) is 5.02. The zero-order valence-corrected chi connectivity index (χ0v) is 12.3. The van der Waals surface area contributed by atoms with E-state index in [9.17, 15) is 0 Å². The van der Waals surface area contributed by atoms with Gasteiger partial charge in [0.25, 0.3) is 0 Å². The Labute approximate surface area is 127 Å². The molecular formula is C19H14NS+. The summed E-state index contributed by atoms with van der Waals surface area (Å²) in [5, 5.41) is 3.46. The van der Waals surface area contributed by atoms with Crippen molar-refractivity contribution in [2.45, 2.75) is 0 Å². The molecular weight excluding hydrogens is 274 g/mol. The van der Waals surface area contributed by atoms with Gasteiger partial charge in [0.15, 0.2) is 12.4 Å². The van der Waals surface area contributed by atoms with Crippen LogP contribution in [0.4, 0.5) is 0 Å². The quantitative estimate of drug-likeness (QED) is 0.466. The lowest BCUT2D eigenvalue weighted by molar-refractivity contribution is -0.510. The van der Waals surface area contributed by atoms with Gasteiger partial charge in [0, 0.05) is 23.6 Å². The Morgan fingerprint density at radius 2 is 1.62 bits per heavy atom. The van der Waals surface area contributed by atoms with E-state index in [1.165, 1.54) is 26.7 Å². The molecule has 0 fully saturated rings. The fourth-order valence-electron chi connectivity index (χ4n) is 2.52. The van der Waals surface area contributed by atoms with Crippen LogP contribution in [0.15, 0.2) is 72.4 Å². The average Bonchev–Trinajstić information content (AvgIpc) is 3.03. The highest BCUT2D eigenvalue weighted by Gasteiger charge is 2.08. The molecule has 0 N–H and O–H groups in total. The van der Waals surface area contributed by atoms with Crippen LogP contribution in [-0.4, -0.2) is 0 Å². The summed E-state index contributed by atoms with van der Waals surface area (Å²) in [4.78, 5) is 0. The van der Waals surface area contributed by atoms with E-state index in [2.05, 4.69) is 82.9 Å². The Morgan fingerprint density at radius 1 is 0.810 bits per heavy atom. The third kappa shape index (κ3) is 2.34. The molecule has 0 aliphatic carbocycles. The minimum atomic E-state index is 1.22. The Hall–Kier alpha value is -2.45. The maximum atomic E-state index is 2.25. The second-order valence-corrected chi connectivity index (χ2v) is 5.93. The van der Waals surface area contributed by atoms with Gasteiger partial charge in [-0.2, -0.15) is 4.40 Å². The van der Waals surface area contributed by atoms with Crippen LogP contribution in [0, 0.1) is 0 Å². The van der Waals surface area contributed by atoms with Crippen molar-refractivity contribution >= 4 is 39.1 Å². The minimum absolute atomic E-state index is 1.22. The Balaban J connectivity index is 1.81. The van der Waals surface area contributed by atoms with Gasteiger partial charge in [-0.3, -0.25) is 0 Å². The first-order valence-corrected chi connectivity index (χ1v) is 7.82. The molecule has 0 bridgehead atoms. The predicted molar refractivity (Wildman–Crippen MR) is 90.4 cm³/mol. The van der Waals surface area contributed by atoms with Crippen molar-refractivity contribution in [1.29, 1.82) is 0 Å². The number of pyridine rings is 2. The topological polar surface area (TPSA) is 4.10 Å². The summed E-state index contributed by atoms with van der Waals surface area (Å²) in [6.45, 7) is 0. The van der Waals surface area contributed by atoms with Crippen molar-refractivity contribution in [3.8, 4) is 0 Å². The third-order valence-corrected chi connectivity index (χ3v) is 4.57. The SMILES string of the molecule is C(=C\c1cc[n+]2ccc3ccsc3c2c1)/c1ccccc1. The molecule has 0 spiro atoms. The van der Waals surface area contributed by atoms with Crippen LogP contribution >= 0.6 is 11.3 Å². The van der Waals surface area contributed by atoms with Crippen LogP contribution in [-0.2, 0) is 0 Å². The van der Waals surface area contributed by atoms with E-state index in [4.69, 9.17) is 0 Å². The zero-order valence-electron chi connectivity index (χ0n) is 11.4. The molecule has 0 unspecified atom stereocenters. The lowest BCUT2D eigenvalue weighted by Crippen LogP contribution is -2.19. The van der Waals surface area contributed by atoms with Gasteiger partial charge in [0.05, 0.1) is 0 Å². The van der Waals surface area contributed by atoms with E-state index in [1.807, 2.05) is 6.07 Å². The van der Waals surface area contributed by atoms with Gasteiger partial charge in [-0.25, -0.2) is 0 Å². The van der Waals surface area contributed by atoms with Crippen molar-refractivity contribution in [3.05, 3.63) is 83.5 Å². The maximum Gasteiger partial charge on any atom is 0.229 e. The second kappa shape index (κ2) is 5.15. The third-order valence-electron chi connectivity index (χ3n) is 3.62. The van der Waals surface area contributed by atoms with Gasteiger partial charge in [0.1, 0.15) is 4.70 Å². The number of hydrogen-bond acceptors (Lipinski definition) is 1. The van der Waals surface area contributed by atoms with Crippen LogP contribution in [0.25, 0.3) is 27.8 Å². The van der Waals surface area contributed by atoms with E-state index in [0.29, 0.717) is 0 Å². The summed E-state index contributed by atoms with van der Waals surface area (Å²) < 4.78 is 3.52. The molecule has 4 rings (SSSR count). The Bertz CT molecular complexity index is 936. The molecule has 1 nitrogen and oxygen atoms in total. The molecule has 0 atom stereocenters. The van der Waals surface area contributed by atoms with Crippen LogP contribution < -0.4 is 4.40 Å². The van der Waals surface area contributed by atoms with E-state index in [-0.39, 0.29) is 0 Å². The van der Waals surface area contributed by atoms with E-state index in [1.54, 1.807) is 11.3 Å². The fraction of sp³-hybridized carbons (Fsp3) is 0. The molecule has 0 aliphatic heterocycles. The molecule has 0 saturated carbocycles. The molecule has 0 aliphatic rings. The van der Waals surface area contributed by atoms with Crippen molar-refractivity contribution in [2.75, 3.05) is 0 Å². The first kappa shape index (κ1) is 12.3. The monoisotopic (exact) mass is 288 g/mol. The maximum absolute atomic E-state index is 2.25. The van der Waals surface area contributed by atoms with Gasteiger partial charge in [-0.1, -0.05) is 42.5 Å². The number of nitrogens with zero attached hydrogens (tertiary/aromatic N) is 1. The molecule has 21 heavy (non-hydrogen) atoms. The fourth-order valence-corrected chi connectivity index (χ4v) is 3.43. The summed E-state index contributed by atoms with van der Waals surface area (Å²) in [5.74, 6) is 0. The van der Waals surface area contributed by atoms with Crippen molar-refractivity contribution in [3.63, 3.8) is 0 Å². The normalized spacial score (nSPS) is 11.6. The first-order chi connectivity index (χ1) is 10.4. The Morgan fingerprint density at radius 3 is 2.52 bits per heavy atom. The number of benzene rings is 1. The van der Waals surface area contributed by atoms with Crippen LogP contribution in [0.3, 0.4) is 0 Å². The summed E-state index contributed by atoms with van der Waals surface area (Å²) in [6, 6.07) is 19.1. The molecule has 0 saturated heterocycles. The zero-order chi connectivity index (χ0) is 14.1. The largest absolute Gasteiger partial charge is 0.229 e. The highest BCUT2D eigenvalue weighted by atomic mass is 32.1. The van der Waals surface area contributed by atoms with E-state index >= 15 is 0 Å². The summed E-state index contributed by atoms with van der Waals surface area (Å²) in [6.07, 6.45) is 8.57. The number of fused-ring (bicyclic) bond motifs is 3. The molecule has 2 heteroatoms. The summed E-state index contributed by atoms with van der Waals surface area (Å²) in [7, 11) is 0. The van der Waals surface area contributed by atoms with Crippen molar-refractivity contribution in [2.24, 2.45) is 0 Å². The van der Waals surface area contributed by atoms with Gasteiger partial charge >= 0.3 is 0 Å². The molecule has 1 aromatic carbocycles.